The van der Waals surface area contributed by atoms with Crippen LogP contribution in [0.1, 0.15) is 27.3 Å². The van der Waals surface area contributed by atoms with E-state index in [1.54, 1.807) is 10.9 Å². The molecule has 1 aromatic carbocycles. The second kappa shape index (κ2) is 6.84. The van der Waals surface area contributed by atoms with Crippen molar-refractivity contribution in [2.45, 2.75) is 20.0 Å². The Bertz CT molecular complexity index is 855. The highest BCUT2D eigenvalue weighted by molar-refractivity contribution is 6.32. The molecule has 0 saturated carbocycles. The van der Waals surface area contributed by atoms with Gasteiger partial charge in [-0.05, 0) is 12.5 Å². The molecule has 0 aliphatic carbocycles. The van der Waals surface area contributed by atoms with Gasteiger partial charge in [0.25, 0.3) is 5.91 Å². The molecule has 0 unspecified atom stereocenters. The van der Waals surface area contributed by atoms with Crippen LogP contribution in [-0.4, -0.2) is 30.7 Å². The van der Waals surface area contributed by atoms with Gasteiger partial charge in [0.2, 0.25) is 0 Å². The molecule has 0 bridgehead atoms. The lowest BCUT2D eigenvalue weighted by atomic mass is 10.2. The fourth-order valence-electron chi connectivity index (χ4n) is 2.27. The van der Waals surface area contributed by atoms with Gasteiger partial charge < -0.3 is 5.32 Å². The second-order valence-electron chi connectivity index (χ2n) is 5.43. The van der Waals surface area contributed by atoms with E-state index in [4.69, 9.17) is 11.6 Å². The maximum Gasteiger partial charge on any atom is 0.275 e. The lowest BCUT2D eigenvalue weighted by Gasteiger charge is -2.04. The zero-order valence-corrected chi connectivity index (χ0v) is 14.2. The van der Waals surface area contributed by atoms with Crippen LogP contribution in [0.25, 0.3) is 0 Å². The fraction of sp³-hybridized carbons (Fsp3) is 0.250. The normalized spacial score (nSPS) is 10.8. The van der Waals surface area contributed by atoms with Crippen LogP contribution in [0.3, 0.4) is 0 Å². The van der Waals surface area contributed by atoms with Crippen molar-refractivity contribution in [3.8, 4) is 0 Å². The number of amides is 1. The molecule has 2 aromatic heterocycles. The average molecular weight is 345 g/mol. The summed E-state index contributed by atoms with van der Waals surface area (Å²) in [5.41, 5.74) is 3.09. The number of carbonyl (C=O) groups excluding carboxylic acids is 1. The summed E-state index contributed by atoms with van der Waals surface area (Å²) in [4.78, 5) is 12.3. The number of aromatic nitrogens is 5. The largest absolute Gasteiger partial charge is 0.346 e. The van der Waals surface area contributed by atoms with E-state index in [2.05, 4.69) is 20.7 Å². The number of hydrogen-bond acceptors (Lipinski definition) is 4. The van der Waals surface area contributed by atoms with Gasteiger partial charge in [-0.1, -0.05) is 47.1 Å². The van der Waals surface area contributed by atoms with Gasteiger partial charge in [0.1, 0.15) is 0 Å². The summed E-state index contributed by atoms with van der Waals surface area (Å²) in [7, 11) is 1.85. The average Bonchev–Trinajstić information content (AvgIpc) is 3.10. The van der Waals surface area contributed by atoms with E-state index in [0.29, 0.717) is 13.1 Å². The molecule has 0 saturated heterocycles. The molecule has 0 radical (unpaired) electrons. The van der Waals surface area contributed by atoms with E-state index in [1.165, 1.54) is 4.68 Å². The molecule has 0 aliphatic rings. The van der Waals surface area contributed by atoms with Crippen molar-refractivity contribution in [1.29, 1.82) is 0 Å². The topological polar surface area (TPSA) is 77.6 Å². The number of halogens is 1. The molecular formula is C16H17ClN6O. The maximum absolute atomic E-state index is 12.3. The highest BCUT2D eigenvalue weighted by atomic mass is 35.5. The number of aryl methyl sites for hydroxylation is 1. The fourth-order valence-corrected chi connectivity index (χ4v) is 2.49. The summed E-state index contributed by atoms with van der Waals surface area (Å²) in [5, 5.41) is 15.0. The molecule has 0 spiro atoms. The van der Waals surface area contributed by atoms with Crippen LogP contribution >= 0.6 is 11.6 Å². The maximum atomic E-state index is 12.3. The van der Waals surface area contributed by atoms with Gasteiger partial charge in [-0.25, -0.2) is 4.68 Å². The molecule has 0 aliphatic heterocycles. The van der Waals surface area contributed by atoms with Gasteiger partial charge in [-0.2, -0.15) is 5.10 Å². The van der Waals surface area contributed by atoms with Gasteiger partial charge in [0.15, 0.2) is 10.8 Å². The quantitative estimate of drug-likeness (QED) is 0.767. The summed E-state index contributed by atoms with van der Waals surface area (Å²) in [6, 6.07) is 9.73. The first-order valence-electron chi connectivity index (χ1n) is 7.45. The predicted molar refractivity (Wildman–Crippen MR) is 89.7 cm³/mol. The molecule has 3 aromatic rings. The molecule has 124 valence electrons. The Morgan fingerprint density at radius 3 is 2.71 bits per heavy atom. The van der Waals surface area contributed by atoms with Crippen LogP contribution in [0.2, 0.25) is 5.15 Å². The first-order valence-corrected chi connectivity index (χ1v) is 7.82. The Kier molecular flexibility index (Phi) is 4.61. The molecule has 3 rings (SSSR count). The number of carbonyl (C=O) groups is 1. The third-order valence-electron chi connectivity index (χ3n) is 3.84. The Labute approximate surface area is 144 Å². The third kappa shape index (κ3) is 3.30. The minimum Gasteiger partial charge on any atom is -0.346 e. The van der Waals surface area contributed by atoms with E-state index in [-0.39, 0.29) is 16.8 Å². The minimum absolute atomic E-state index is 0.120. The molecule has 7 nitrogen and oxygen atoms in total. The summed E-state index contributed by atoms with van der Waals surface area (Å²) in [6.07, 6.45) is 1.73. The van der Waals surface area contributed by atoms with Gasteiger partial charge >= 0.3 is 0 Å². The predicted octanol–water partition coefficient (Wildman–Crippen LogP) is 1.95. The Balaban J connectivity index is 1.68. The monoisotopic (exact) mass is 344 g/mol. The Morgan fingerprint density at radius 1 is 1.29 bits per heavy atom. The molecule has 2 heterocycles. The molecule has 0 atom stereocenters. The zero-order valence-electron chi connectivity index (χ0n) is 13.4. The molecule has 1 amide bonds. The first kappa shape index (κ1) is 16.2. The summed E-state index contributed by atoms with van der Waals surface area (Å²) in [5.74, 6) is -0.359. The van der Waals surface area contributed by atoms with Crippen LogP contribution in [-0.2, 0) is 20.1 Å². The van der Waals surface area contributed by atoms with Crippen molar-refractivity contribution in [3.63, 3.8) is 0 Å². The molecule has 24 heavy (non-hydrogen) atoms. The van der Waals surface area contributed by atoms with Crippen molar-refractivity contribution in [3.05, 3.63) is 64.2 Å². The molecular weight excluding hydrogens is 328 g/mol. The minimum atomic E-state index is -0.359. The summed E-state index contributed by atoms with van der Waals surface area (Å²) >= 11 is 6.25. The lowest BCUT2D eigenvalue weighted by Crippen LogP contribution is -2.24. The van der Waals surface area contributed by atoms with E-state index in [0.717, 1.165) is 16.8 Å². The van der Waals surface area contributed by atoms with Crippen molar-refractivity contribution in [2.24, 2.45) is 7.05 Å². The van der Waals surface area contributed by atoms with E-state index < -0.39 is 0 Å². The first-order chi connectivity index (χ1) is 11.6. The zero-order chi connectivity index (χ0) is 17.1. The van der Waals surface area contributed by atoms with E-state index in [9.17, 15) is 4.79 Å². The number of nitrogens with one attached hydrogen (secondary N) is 1. The highest BCUT2D eigenvalue weighted by Crippen LogP contribution is 2.15. The van der Waals surface area contributed by atoms with Crippen molar-refractivity contribution >= 4 is 17.5 Å². The smallest absolute Gasteiger partial charge is 0.275 e. The van der Waals surface area contributed by atoms with Crippen LogP contribution < -0.4 is 5.32 Å². The third-order valence-corrected chi connectivity index (χ3v) is 4.22. The number of rotatable bonds is 5. The Morgan fingerprint density at radius 2 is 2.04 bits per heavy atom. The van der Waals surface area contributed by atoms with Crippen LogP contribution in [0, 0.1) is 6.92 Å². The van der Waals surface area contributed by atoms with Gasteiger partial charge in [-0.15, -0.1) is 5.10 Å². The van der Waals surface area contributed by atoms with Gasteiger partial charge in [0, 0.05) is 24.8 Å². The number of nitrogens with zero attached hydrogens (tertiary/aromatic N) is 5. The van der Waals surface area contributed by atoms with Crippen molar-refractivity contribution < 1.29 is 4.79 Å². The van der Waals surface area contributed by atoms with Crippen LogP contribution in [0.5, 0.6) is 0 Å². The molecule has 0 fully saturated rings. The highest BCUT2D eigenvalue weighted by Gasteiger charge is 2.18. The van der Waals surface area contributed by atoms with Crippen molar-refractivity contribution in [1.82, 2.24) is 30.1 Å². The molecule has 1 N–H and O–H groups in total. The van der Waals surface area contributed by atoms with E-state index >= 15 is 0 Å². The number of hydrogen-bond donors (Lipinski definition) is 1. The van der Waals surface area contributed by atoms with Crippen LogP contribution in [0.4, 0.5) is 0 Å². The molecule has 8 heteroatoms. The van der Waals surface area contributed by atoms with E-state index in [1.807, 2.05) is 44.3 Å². The lowest BCUT2D eigenvalue weighted by molar-refractivity contribution is 0.0946. The van der Waals surface area contributed by atoms with Crippen molar-refractivity contribution in [2.75, 3.05) is 0 Å². The van der Waals surface area contributed by atoms with Crippen LogP contribution in [0.15, 0.2) is 36.5 Å². The SMILES string of the molecule is Cc1c(CNC(=O)c2nnn(Cc3ccccc3)c2Cl)cnn1C. The van der Waals surface area contributed by atoms with Gasteiger partial charge in [0.05, 0.1) is 12.7 Å². The number of benzene rings is 1. The standard InChI is InChI=1S/C16H17ClN6O/c1-11-13(9-19-22(11)2)8-18-16(24)14-15(17)23(21-20-14)10-12-6-4-3-5-7-12/h3-7,9H,8,10H2,1-2H3,(H,18,24). The second-order valence-corrected chi connectivity index (χ2v) is 5.79. The summed E-state index contributed by atoms with van der Waals surface area (Å²) in [6.45, 7) is 2.76. The van der Waals surface area contributed by atoms with Gasteiger partial charge in [-0.3, -0.25) is 9.48 Å². The Hall–Kier alpha value is -2.67. The summed E-state index contributed by atoms with van der Waals surface area (Å²) < 4.78 is 3.26.